The van der Waals surface area contributed by atoms with Crippen molar-refractivity contribution in [2.45, 2.75) is 44.8 Å². The highest BCUT2D eigenvalue weighted by atomic mass is 35.5. The Morgan fingerprint density at radius 1 is 1.18 bits per heavy atom. The molecule has 3 heterocycles. The fraction of sp³-hybridized carbons (Fsp3) is 0.375. The first-order valence-electron chi connectivity index (χ1n) is 13.5. The number of likely N-dealkylation sites (tertiary alicyclic amines) is 1. The first-order valence-corrected chi connectivity index (χ1v) is 13.9. The zero-order valence-corrected chi connectivity index (χ0v) is 23.3. The molecule has 5 rings (SSSR count). The van der Waals surface area contributed by atoms with Gasteiger partial charge < -0.3 is 30.3 Å². The number of halogens is 1. The van der Waals surface area contributed by atoms with Gasteiger partial charge in [-0.2, -0.15) is 0 Å². The zero-order valence-electron chi connectivity index (χ0n) is 22.5. The molecule has 2 aromatic rings. The second-order valence-corrected chi connectivity index (χ2v) is 11.7. The van der Waals surface area contributed by atoms with Crippen LogP contribution in [0.25, 0.3) is 5.57 Å². The van der Waals surface area contributed by atoms with Gasteiger partial charge in [0.15, 0.2) is 0 Å². The van der Waals surface area contributed by atoms with E-state index in [9.17, 15) is 15.3 Å². The van der Waals surface area contributed by atoms with Crippen molar-refractivity contribution < 1.29 is 20.1 Å². The molecule has 3 aliphatic rings. The summed E-state index contributed by atoms with van der Waals surface area (Å²) in [7, 11) is 0. The van der Waals surface area contributed by atoms with Crippen LogP contribution in [-0.2, 0) is 12.0 Å². The third-order valence-electron chi connectivity index (χ3n) is 8.14. The van der Waals surface area contributed by atoms with Gasteiger partial charge in [0.1, 0.15) is 12.0 Å². The monoisotopic (exact) mass is 548 g/mol. The SMILES string of the molecule is CC1(C)CN(CC/C=C2\C3=CC=CNC3=COc3ccc(CC(O)CO)cc32)CCC1(O)c1ccc(Cl)cc1. The fourth-order valence-corrected chi connectivity index (χ4v) is 6.02. The van der Waals surface area contributed by atoms with Crippen molar-refractivity contribution in [2.75, 3.05) is 26.2 Å². The van der Waals surface area contributed by atoms with Gasteiger partial charge in [-0.3, -0.25) is 0 Å². The van der Waals surface area contributed by atoms with Crippen LogP contribution < -0.4 is 10.1 Å². The summed E-state index contributed by atoms with van der Waals surface area (Å²) in [5, 5.41) is 35.0. The second-order valence-electron chi connectivity index (χ2n) is 11.3. The van der Waals surface area contributed by atoms with E-state index in [-0.39, 0.29) is 12.0 Å². The van der Waals surface area contributed by atoms with Gasteiger partial charge in [0.2, 0.25) is 0 Å². The highest BCUT2D eigenvalue weighted by Gasteiger charge is 2.48. The fourth-order valence-electron chi connectivity index (χ4n) is 5.89. The van der Waals surface area contributed by atoms with Crippen molar-refractivity contribution in [1.82, 2.24) is 10.2 Å². The van der Waals surface area contributed by atoms with Crippen molar-refractivity contribution in [3.63, 3.8) is 0 Å². The number of nitrogens with one attached hydrogen (secondary N) is 1. The van der Waals surface area contributed by atoms with Crippen LogP contribution in [0.2, 0.25) is 5.02 Å². The summed E-state index contributed by atoms with van der Waals surface area (Å²) in [6.45, 7) is 6.42. The molecule has 2 unspecified atom stereocenters. The molecule has 0 radical (unpaired) electrons. The Bertz CT molecular complexity index is 1330. The van der Waals surface area contributed by atoms with Crippen LogP contribution in [0.15, 0.2) is 84.4 Å². The molecule has 3 aliphatic heterocycles. The number of nitrogens with zero attached hydrogens (tertiary/aromatic N) is 1. The predicted octanol–water partition coefficient (Wildman–Crippen LogP) is 4.91. The minimum absolute atomic E-state index is 0.277. The maximum Gasteiger partial charge on any atom is 0.134 e. The molecule has 4 N–H and O–H groups in total. The number of benzene rings is 2. The van der Waals surface area contributed by atoms with Crippen LogP contribution in [0.1, 0.15) is 43.4 Å². The molecule has 206 valence electrons. The summed E-state index contributed by atoms with van der Waals surface area (Å²) < 4.78 is 6.03. The van der Waals surface area contributed by atoms with Crippen molar-refractivity contribution in [2.24, 2.45) is 5.41 Å². The highest BCUT2D eigenvalue weighted by Crippen LogP contribution is 2.46. The number of allylic oxidation sites excluding steroid dienone is 3. The summed E-state index contributed by atoms with van der Waals surface area (Å²) in [4.78, 5) is 2.42. The Balaban J connectivity index is 1.36. The number of aliphatic hydroxyl groups excluding tert-OH is 2. The Kier molecular flexibility index (Phi) is 8.04. The van der Waals surface area contributed by atoms with Gasteiger partial charge in [0.05, 0.1) is 24.0 Å². The lowest BCUT2D eigenvalue weighted by Crippen LogP contribution is -2.55. The van der Waals surface area contributed by atoms with Gasteiger partial charge >= 0.3 is 0 Å². The topological polar surface area (TPSA) is 85.2 Å². The molecule has 2 aromatic carbocycles. The molecule has 0 aliphatic carbocycles. The minimum Gasteiger partial charge on any atom is -0.462 e. The Hall–Kier alpha value is -2.87. The standard InChI is InChI=1S/C32H37ClN2O4/c1-31(2)21-35(16-13-32(31,38)23-8-10-24(33)11-9-23)15-4-6-26-27-5-3-14-34-29(27)20-39-30-12-7-22(18-28(26)30)17-25(37)19-36/h3,5-12,14,18,20,25,34,36-38H,4,13,15-17,19,21H2,1-2H3/b26-6+. The molecule has 0 amide bonds. The van der Waals surface area contributed by atoms with Gasteiger partial charge in [-0.05, 0) is 59.9 Å². The van der Waals surface area contributed by atoms with Crippen molar-refractivity contribution in [3.8, 4) is 5.75 Å². The molecule has 1 fully saturated rings. The van der Waals surface area contributed by atoms with E-state index >= 15 is 0 Å². The number of hydrogen-bond acceptors (Lipinski definition) is 6. The van der Waals surface area contributed by atoms with E-state index in [1.165, 1.54) is 0 Å². The first-order chi connectivity index (χ1) is 18.7. The maximum atomic E-state index is 11.7. The van der Waals surface area contributed by atoms with Gasteiger partial charge in [0.25, 0.3) is 0 Å². The summed E-state index contributed by atoms with van der Waals surface area (Å²) in [6.07, 6.45) is 11.0. The Morgan fingerprint density at radius 2 is 1.97 bits per heavy atom. The second kappa shape index (κ2) is 11.3. The lowest BCUT2D eigenvalue weighted by molar-refractivity contribution is -0.125. The highest BCUT2D eigenvalue weighted by molar-refractivity contribution is 6.30. The van der Waals surface area contributed by atoms with E-state index in [1.807, 2.05) is 54.7 Å². The lowest BCUT2D eigenvalue weighted by atomic mass is 9.66. The molecule has 0 spiro atoms. The summed E-state index contributed by atoms with van der Waals surface area (Å²) in [5.41, 5.74) is 4.57. The van der Waals surface area contributed by atoms with E-state index in [0.29, 0.717) is 17.9 Å². The average molecular weight is 549 g/mol. The van der Waals surface area contributed by atoms with Gasteiger partial charge in [-0.1, -0.05) is 55.8 Å². The smallest absolute Gasteiger partial charge is 0.134 e. The van der Waals surface area contributed by atoms with Gasteiger partial charge in [-0.15, -0.1) is 0 Å². The molecule has 7 heteroatoms. The maximum absolute atomic E-state index is 11.7. The van der Waals surface area contributed by atoms with Crippen LogP contribution in [0.4, 0.5) is 0 Å². The quantitative estimate of drug-likeness (QED) is 0.393. The van der Waals surface area contributed by atoms with Crippen molar-refractivity contribution in [3.05, 3.63) is 106 Å². The predicted molar refractivity (Wildman–Crippen MR) is 155 cm³/mol. The van der Waals surface area contributed by atoms with E-state index in [4.69, 9.17) is 16.3 Å². The minimum atomic E-state index is -0.912. The van der Waals surface area contributed by atoms with Gasteiger partial charge in [0, 0.05) is 53.8 Å². The van der Waals surface area contributed by atoms with E-state index in [2.05, 4.69) is 36.2 Å². The zero-order chi connectivity index (χ0) is 27.6. The average Bonchev–Trinajstić information content (AvgIpc) is 3.07. The molecular formula is C32H37ClN2O4. The third kappa shape index (κ3) is 5.72. The Morgan fingerprint density at radius 3 is 2.72 bits per heavy atom. The van der Waals surface area contributed by atoms with Crippen LogP contribution in [0.3, 0.4) is 0 Å². The van der Waals surface area contributed by atoms with Crippen LogP contribution >= 0.6 is 11.6 Å². The van der Waals surface area contributed by atoms with E-state index in [0.717, 1.165) is 65.3 Å². The van der Waals surface area contributed by atoms with Crippen LogP contribution in [0.5, 0.6) is 5.75 Å². The largest absolute Gasteiger partial charge is 0.462 e. The number of piperidine rings is 1. The molecule has 6 nitrogen and oxygen atoms in total. The summed E-state index contributed by atoms with van der Waals surface area (Å²) in [5.74, 6) is 0.750. The third-order valence-corrected chi connectivity index (χ3v) is 8.39. The van der Waals surface area contributed by atoms with E-state index < -0.39 is 11.7 Å². The molecule has 0 saturated carbocycles. The number of hydrogen-bond donors (Lipinski definition) is 4. The Labute approximate surface area is 235 Å². The number of rotatable bonds is 7. The number of ether oxygens (including phenoxy) is 1. The first kappa shape index (κ1) is 27.7. The summed E-state index contributed by atoms with van der Waals surface area (Å²) >= 11 is 6.09. The molecule has 1 saturated heterocycles. The number of aliphatic hydroxyl groups is 3. The molecular weight excluding hydrogens is 512 g/mol. The van der Waals surface area contributed by atoms with Crippen molar-refractivity contribution in [1.29, 1.82) is 0 Å². The molecule has 0 aromatic heterocycles. The van der Waals surface area contributed by atoms with Crippen LogP contribution in [-0.4, -0.2) is 52.6 Å². The normalized spacial score (nSPS) is 24.0. The number of dihydropyridines is 1. The van der Waals surface area contributed by atoms with E-state index in [1.54, 1.807) is 6.26 Å². The number of fused-ring (bicyclic) bond motifs is 2. The lowest BCUT2D eigenvalue weighted by Gasteiger charge is -2.50. The molecule has 0 bridgehead atoms. The van der Waals surface area contributed by atoms with Gasteiger partial charge in [-0.25, -0.2) is 0 Å². The molecule has 2 atom stereocenters. The molecule has 39 heavy (non-hydrogen) atoms. The van der Waals surface area contributed by atoms with Crippen molar-refractivity contribution >= 4 is 17.2 Å². The van der Waals surface area contributed by atoms with Crippen LogP contribution in [0, 0.1) is 5.41 Å². The summed E-state index contributed by atoms with van der Waals surface area (Å²) in [6, 6.07) is 13.5.